The Morgan fingerprint density at radius 3 is 2.89 bits per heavy atom. The highest BCUT2D eigenvalue weighted by Crippen LogP contribution is 2.26. The van der Waals surface area contributed by atoms with E-state index in [1.165, 1.54) is 12.3 Å². The number of carbonyl (C=O) groups is 1. The first-order valence-electron chi connectivity index (χ1n) is 5.26. The van der Waals surface area contributed by atoms with Crippen LogP contribution in [0.3, 0.4) is 0 Å². The fraction of sp³-hybridized carbons (Fsp3) is 0.0769. The van der Waals surface area contributed by atoms with Crippen LogP contribution in [0.4, 0.5) is 5.69 Å². The lowest BCUT2D eigenvalue weighted by Gasteiger charge is -2.09. The Kier molecular flexibility index (Phi) is 3.99. The predicted molar refractivity (Wildman–Crippen MR) is 76.1 cm³/mol. The van der Waals surface area contributed by atoms with Crippen LogP contribution >= 0.6 is 27.5 Å². The first-order valence-corrected chi connectivity index (χ1v) is 6.43. The number of rotatable bonds is 2. The lowest BCUT2D eigenvalue weighted by molar-refractivity contribution is 0.102. The zero-order chi connectivity index (χ0) is 13.1. The Morgan fingerprint density at radius 2 is 2.17 bits per heavy atom. The average molecular weight is 326 g/mol. The van der Waals surface area contributed by atoms with Gasteiger partial charge in [0.1, 0.15) is 5.15 Å². The van der Waals surface area contributed by atoms with Gasteiger partial charge in [0.2, 0.25) is 0 Å². The van der Waals surface area contributed by atoms with E-state index < -0.39 is 0 Å². The van der Waals surface area contributed by atoms with Crippen LogP contribution < -0.4 is 5.32 Å². The molecule has 0 fully saturated rings. The number of hydrogen-bond donors (Lipinski definition) is 1. The Morgan fingerprint density at radius 1 is 1.39 bits per heavy atom. The van der Waals surface area contributed by atoms with Crippen molar-refractivity contribution >= 4 is 39.1 Å². The zero-order valence-electron chi connectivity index (χ0n) is 9.58. The summed E-state index contributed by atoms with van der Waals surface area (Å²) in [7, 11) is 0. The van der Waals surface area contributed by atoms with Gasteiger partial charge < -0.3 is 5.32 Å². The summed E-state index contributed by atoms with van der Waals surface area (Å²) in [5, 5.41) is 3.12. The molecule has 0 saturated carbocycles. The van der Waals surface area contributed by atoms with Crippen molar-refractivity contribution in [3.63, 3.8) is 0 Å². The van der Waals surface area contributed by atoms with Crippen LogP contribution in [0.2, 0.25) is 5.15 Å². The number of aryl methyl sites for hydroxylation is 1. The van der Waals surface area contributed by atoms with Crippen LogP contribution in [0.5, 0.6) is 0 Å². The normalized spacial score (nSPS) is 10.2. The van der Waals surface area contributed by atoms with Gasteiger partial charge in [-0.05, 0) is 46.6 Å². The van der Waals surface area contributed by atoms with Crippen molar-refractivity contribution in [1.82, 2.24) is 4.98 Å². The fourth-order valence-electron chi connectivity index (χ4n) is 1.48. The predicted octanol–water partition coefficient (Wildman–Crippen LogP) is 4.06. The van der Waals surface area contributed by atoms with Gasteiger partial charge in [0, 0.05) is 16.2 Å². The Labute approximate surface area is 118 Å². The second-order valence-corrected chi connectivity index (χ2v) is 4.94. The third kappa shape index (κ3) is 2.89. The maximum absolute atomic E-state index is 12.0. The van der Waals surface area contributed by atoms with E-state index in [2.05, 4.69) is 26.2 Å². The van der Waals surface area contributed by atoms with E-state index in [4.69, 9.17) is 11.6 Å². The molecule has 92 valence electrons. The number of hydrogen-bond acceptors (Lipinski definition) is 2. The summed E-state index contributed by atoms with van der Waals surface area (Å²) in [6, 6.07) is 8.82. The molecule has 1 N–H and O–H groups in total. The molecule has 18 heavy (non-hydrogen) atoms. The van der Waals surface area contributed by atoms with Gasteiger partial charge >= 0.3 is 0 Å². The summed E-state index contributed by atoms with van der Waals surface area (Å²) in [6.45, 7) is 1.96. The van der Waals surface area contributed by atoms with Crippen LogP contribution in [0.25, 0.3) is 0 Å². The van der Waals surface area contributed by atoms with Gasteiger partial charge in [-0.15, -0.1) is 0 Å². The zero-order valence-corrected chi connectivity index (χ0v) is 11.9. The van der Waals surface area contributed by atoms with Gasteiger partial charge in [0.25, 0.3) is 5.91 Å². The van der Waals surface area contributed by atoms with Gasteiger partial charge in [0.05, 0.1) is 5.69 Å². The van der Waals surface area contributed by atoms with Gasteiger partial charge in [-0.3, -0.25) is 4.79 Å². The molecule has 2 rings (SSSR count). The summed E-state index contributed by atoms with van der Waals surface area (Å²) < 4.78 is 0.874. The number of amides is 1. The Balaban J connectivity index is 2.24. The minimum absolute atomic E-state index is 0.217. The number of benzene rings is 1. The second kappa shape index (κ2) is 5.50. The quantitative estimate of drug-likeness (QED) is 0.846. The molecule has 0 spiro atoms. The van der Waals surface area contributed by atoms with E-state index in [0.29, 0.717) is 10.7 Å². The first kappa shape index (κ1) is 13.1. The maximum Gasteiger partial charge on any atom is 0.255 e. The van der Waals surface area contributed by atoms with Crippen molar-refractivity contribution in [2.24, 2.45) is 0 Å². The summed E-state index contributed by atoms with van der Waals surface area (Å²) in [5.74, 6) is -0.217. The standard InChI is InChI=1S/C13H10BrClN2O/c1-8-3-2-4-10(12(8)14)17-13(18)9-5-6-16-11(15)7-9/h2-7H,1H3,(H,17,18). The van der Waals surface area contributed by atoms with Gasteiger partial charge in [-0.1, -0.05) is 23.7 Å². The number of halogens is 2. The number of nitrogens with zero attached hydrogens (tertiary/aromatic N) is 1. The second-order valence-electron chi connectivity index (χ2n) is 3.76. The summed E-state index contributed by atoms with van der Waals surface area (Å²) >= 11 is 9.19. The van der Waals surface area contributed by atoms with Gasteiger partial charge in [-0.25, -0.2) is 4.98 Å². The fourth-order valence-corrected chi connectivity index (χ4v) is 2.02. The molecule has 5 heteroatoms. The molecular weight excluding hydrogens is 316 g/mol. The van der Waals surface area contributed by atoms with E-state index in [1.54, 1.807) is 6.07 Å². The molecule has 2 aromatic rings. The highest BCUT2D eigenvalue weighted by molar-refractivity contribution is 9.10. The minimum atomic E-state index is -0.217. The lowest BCUT2D eigenvalue weighted by atomic mass is 10.2. The highest BCUT2D eigenvalue weighted by Gasteiger charge is 2.09. The summed E-state index contributed by atoms with van der Waals surface area (Å²) in [4.78, 5) is 15.8. The number of pyridine rings is 1. The van der Waals surface area contributed by atoms with E-state index in [1.807, 2.05) is 25.1 Å². The Bertz CT molecular complexity index is 601. The molecule has 0 atom stereocenters. The van der Waals surface area contributed by atoms with Gasteiger partial charge in [0.15, 0.2) is 0 Å². The van der Waals surface area contributed by atoms with E-state index in [0.717, 1.165) is 15.7 Å². The molecule has 3 nitrogen and oxygen atoms in total. The number of anilines is 1. The third-order valence-electron chi connectivity index (χ3n) is 2.43. The topological polar surface area (TPSA) is 42.0 Å². The molecule has 0 unspecified atom stereocenters. The molecule has 0 aliphatic heterocycles. The molecule has 1 amide bonds. The molecule has 0 saturated heterocycles. The molecular formula is C13H10BrClN2O. The first-order chi connectivity index (χ1) is 8.58. The van der Waals surface area contributed by atoms with Crippen LogP contribution in [0, 0.1) is 6.92 Å². The molecule has 0 aliphatic carbocycles. The van der Waals surface area contributed by atoms with Crippen LogP contribution in [0.1, 0.15) is 15.9 Å². The van der Waals surface area contributed by atoms with Crippen LogP contribution in [0.15, 0.2) is 41.0 Å². The largest absolute Gasteiger partial charge is 0.321 e. The van der Waals surface area contributed by atoms with Crippen molar-refractivity contribution in [3.05, 3.63) is 57.3 Å². The van der Waals surface area contributed by atoms with E-state index >= 15 is 0 Å². The lowest BCUT2D eigenvalue weighted by Crippen LogP contribution is -2.12. The van der Waals surface area contributed by atoms with E-state index in [9.17, 15) is 4.79 Å². The molecule has 1 heterocycles. The highest BCUT2D eigenvalue weighted by atomic mass is 79.9. The number of nitrogens with one attached hydrogen (secondary N) is 1. The molecule has 1 aromatic heterocycles. The molecule has 0 aliphatic rings. The number of aromatic nitrogens is 1. The van der Waals surface area contributed by atoms with Crippen molar-refractivity contribution in [2.45, 2.75) is 6.92 Å². The van der Waals surface area contributed by atoms with Crippen molar-refractivity contribution in [3.8, 4) is 0 Å². The molecule has 0 bridgehead atoms. The minimum Gasteiger partial charge on any atom is -0.321 e. The van der Waals surface area contributed by atoms with E-state index in [-0.39, 0.29) is 5.91 Å². The molecule has 1 aromatic carbocycles. The number of carbonyl (C=O) groups excluding carboxylic acids is 1. The monoisotopic (exact) mass is 324 g/mol. The smallest absolute Gasteiger partial charge is 0.255 e. The van der Waals surface area contributed by atoms with Crippen molar-refractivity contribution in [1.29, 1.82) is 0 Å². The average Bonchev–Trinajstić information content (AvgIpc) is 2.35. The SMILES string of the molecule is Cc1cccc(NC(=O)c2ccnc(Cl)c2)c1Br. The summed E-state index contributed by atoms with van der Waals surface area (Å²) in [5.41, 5.74) is 2.26. The Hall–Kier alpha value is -1.39. The summed E-state index contributed by atoms with van der Waals surface area (Å²) in [6.07, 6.45) is 1.50. The van der Waals surface area contributed by atoms with Crippen LogP contribution in [-0.4, -0.2) is 10.9 Å². The van der Waals surface area contributed by atoms with Crippen molar-refractivity contribution < 1.29 is 4.79 Å². The van der Waals surface area contributed by atoms with Crippen molar-refractivity contribution in [2.75, 3.05) is 5.32 Å². The third-order valence-corrected chi connectivity index (χ3v) is 3.69. The van der Waals surface area contributed by atoms with Gasteiger partial charge in [-0.2, -0.15) is 0 Å². The van der Waals surface area contributed by atoms with Crippen LogP contribution in [-0.2, 0) is 0 Å². The maximum atomic E-state index is 12.0. The molecule has 0 radical (unpaired) electrons.